The van der Waals surface area contributed by atoms with Gasteiger partial charge in [-0.3, -0.25) is 4.90 Å². The van der Waals surface area contributed by atoms with Gasteiger partial charge in [-0.2, -0.15) is 0 Å². The highest BCUT2D eigenvalue weighted by atomic mass is 16.5. The van der Waals surface area contributed by atoms with Crippen LogP contribution >= 0.6 is 0 Å². The zero-order valence-electron chi connectivity index (χ0n) is 17.0. The molecule has 0 amide bonds. The monoisotopic (exact) mass is 371 g/mol. The first-order valence-corrected chi connectivity index (χ1v) is 11.1. The van der Waals surface area contributed by atoms with E-state index in [4.69, 9.17) is 4.74 Å². The van der Waals surface area contributed by atoms with Gasteiger partial charge in [0.1, 0.15) is 0 Å². The maximum atomic E-state index is 5.69. The molecule has 2 heterocycles. The second-order valence-electron chi connectivity index (χ2n) is 9.02. The first-order valence-electron chi connectivity index (χ1n) is 11.1. The molecule has 2 saturated heterocycles. The normalized spacial score (nSPS) is 32.6. The van der Waals surface area contributed by atoms with E-state index in [1.807, 2.05) is 0 Å². The van der Waals surface area contributed by atoms with E-state index in [0.717, 1.165) is 38.8 Å². The molecule has 1 saturated carbocycles. The minimum Gasteiger partial charge on any atom is -0.379 e. The lowest BCUT2D eigenvalue weighted by molar-refractivity contribution is 0.0524. The van der Waals surface area contributed by atoms with Gasteiger partial charge in [-0.15, -0.1) is 0 Å². The number of morpholine rings is 1. The predicted molar refractivity (Wildman–Crippen MR) is 111 cm³/mol. The lowest BCUT2D eigenvalue weighted by Crippen LogP contribution is -2.50. The summed E-state index contributed by atoms with van der Waals surface area (Å²) in [5.41, 5.74) is 2.86. The third-order valence-electron chi connectivity index (χ3n) is 6.78. The van der Waals surface area contributed by atoms with Crippen molar-refractivity contribution >= 4 is 0 Å². The molecule has 0 aromatic heterocycles. The summed E-state index contributed by atoms with van der Waals surface area (Å²) in [4.78, 5) is 2.61. The Labute approximate surface area is 165 Å². The van der Waals surface area contributed by atoms with Gasteiger partial charge in [-0.25, -0.2) is 0 Å². The van der Waals surface area contributed by atoms with Crippen molar-refractivity contribution in [2.24, 2.45) is 11.8 Å². The number of piperidine rings is 1. The molecule has 4 unspecified atom stereocenters. The van der Waals surface area contributed by atoms with Crippen LogP contribution in [0.5, 0.6) is 0 Å². The van der Waals surface area contributed by atoms with Crippen LogP contribution in [0.4, 0.5) is 0 Å². The van der Waals surface area contributed by atoms with Gasteiger partial charge >= 0.3 is 0 Å². The molecule has 3 aliphatic rings. The quantitative estimate of drug-likeness (QED) is 0.805. The molecule has 3 fully saturated rings. The van der Waals surface area contributed by atoms with E-state index in [1.165, 1.54) is 56.3 Å². The lowest BCUT2D eigenvalue weighted by Gasteiger charge is -2.33. The Morgan fingerprint density at radius 3 is 2.74 bits per heavy atom. The summed E-state index contributed by atoms with van der Waals surface area (Å²) in [6.45, 7) is 9.74. The van der Waals surface area contributed by atoms with Crippen molar-refractivity contribution in [2.75, 3.05) is 32.8 Å². The minimum absolute atomic E-state index is 0.535. The van der Waals surface area contributed by atoms with Gasteiger partial charge in [0.05, 0.1) is 13.2 Å². The van der Waals surface area contributed by atoms with Gasteiger partial charge in [0.2, 0.25) is 0 Å². The molecule has 4 atom stereocenters. The highest BCUT2D eigenvalue weighted by Gasteiger charge is 2.34. The van der Waals surface area contributed by atoms with E-state index in [9.17, 15) is 0 Å². The lowest BCUT2D eigenvalue weighted by atomic mass is 9.94. The van der Waals surface area contributed by atoms with E-state index < -0.39 is 0 Å². The van der Waals surface area contributed by atoms with E-state index in [0.29, 0.717) is 18.0 Å². The predicted octanol–water partition coefficient (Wildman–Crippen LogP) is 3.17. The molecule has 0 radical (unpaired) electrons. The number of benzene rings is 1. The summed E-state index contributed by atoms with van der Waals surface area (Å²) in [6, 6.07) is 10.5. The van der Waals surface area contributed by atoms with Gasteiger partial charge < -0.3 is 15.4 Å². The third kappa shape index (κ3) is 5.32. The summed E-state index contributed by atoms with van der Waals surface area (Å²) >= 11 is 0. The summed E-state index contributed by atoms with van der Waals surface area (Å²) in [7, 11) is 0. The number of nitrogens with zero attached hydrogens (tertiary/aromatic N) is 1. The molecule has 0 bridgehead atoms. The van der Waals surface area contributed by atoms with Crippen molar-refractivity contribution in [3.63, 3.8) is 0 Å². The summed E-state index contributed by atoms with van der Waals surface area (Å²) in [6.07, 6.45) is 6.71. The smallest absolute Gasteiger partial charge is 0.0623 e. The van der Waals surface area contributed by atoms with E-state index in [-0.39, 0.29) is 0 Å². The van der Waals surface area contributed by atoms with E-state index >= 15 is 0 Å². The molecule has 2 aliphatic heterocycles. The van der Waals surface area contributed by atoms with Crippen LogP contribution in [-0.4, -0.2) is 49.8 Å². The molecular weight excluding hydrogens is 334 g/mol. The Balaban J connectivity index is 1.25. The van der Waals surface area contributed by atoms with Crippen LogP contribution < -0.4 is 10.6 Å². The Kier molecular flexibility index (Phi) is 6.82. The topological polar surface area (TPSA) is 36.5 Å². The first kappa shape index (κ1) is 19.4. The molecule has 4 rings (SSSR count). The molecule has 4 nitrogen and oxygen atoms in total. The van der Waals surface area contributed by atoms with E-state index in [1.54, 1.807) is 0 Å². The van der Waals surface area contributed by atoms with Crippen molar-refractivity contribution in [1.29, 1.82) is 0 Å². The van der Waals surface area contributed by atoms with Crippen LogP contribution in [0.3, 0.4) is 0 Å². The van der Waals surface area contributed by atoms with Crippen molar-refractivity contribution in [3.8, 4) is 0 Å². The van der Waals surface area contributed by atoms with Gasteiger partial charge in [0.25, 0.3) is 0 Å². The highest BCUT2D eigenvalue weighted by Crippen LogP contribution is 2.29. The SMILES string of the molecule is CC1CCCN(Cc2ccc(CNC3CCCC3C3COCCN3)cc2)C1. The molecule has 150 valence electrons. The molecule has 2 N–H and O–H groups in total. The third-order valence-corrected chi connectivity index (χ3v) is 6.78. The summed E-state index contributed by atoms with van der Waals surface area (Å²) in [5.74, 6) is 1.57. The van der Waals surface area contributed by atoms with Crippen LogP contribution in [0.25, 0.3) is 0 Å². The van der Waals surface area contributed by atoms with Crippen LogP contribution in [0, 0.1) is 11.8 Å². The Morgan fingerprint density at radius 2 is 1.96 bits per heavy atom. The fourth-order valence-electron chi connectivity index (χ4n) is 5.28. The maximum Gasteiger partial charge on any atom is 0.0623 e. The van der Waals surface area contributed by atoms with Crippen LogP contribution in [-0.2, 0) is 17.8 Å². The van der Waals surface area contributed by atoms with Gasteiger partial charge in [0, 0.05) is 38.3 Å². The number of hydrogen-bond donors (Lipinski definition) is 2. The fourth-order valence-corrected chi connectivity index (χ4v) is 5.28. The van der Waals surface area contributed by atoms with Gasteiger partial charge in [0.15, 0.2) is 0 Å². The first-order chi connectivity index (χ1) is 13.3. The Hall–Kier alpha value is -0.940. The van der Waals surface area contributed by atoms with Crippen molar-refractivity contribution < 1.29 is 4.74 Å². The van der Waals surface area contributed by atoms with Crippen LogP contribution in [0.1, 0.15) is 50.2 Å². The molecule has 1 aromatic rings. The van der Waals surface area contributed by atoms with E-state index in [2.05, 4.69) is 46.7 Å². The standard InChI is InChI=1S/C23H37N3O/c1-18-4-3-12-26(15-18)16-20-9-7-19(8-10-20)14-25-22-6-2-5-21(22)23-17-27-13-11-24-23/h7-10,18,21-25H,2-6,11-17H2,1H3. The van der Waals surface area contributed by atoms with Crippen LogP contribution in [0.2, 0.25) is 0 Å². The number of hydrogen-bond acceptors (Lipinski definition) is 4. The molecule has 4 heteroatoms. The summed E-state index contributed by atoms with van der Waals surface area (Å²) < 4.78 is 5.69. The summed E-state index contributed by atoms with van der Waals surface area (Å²) in [5, 5.41) is 7.51. The van der Waals surface area contributed by atoms with Crippen molar-refractivity contribution in [3.05, 3.63) is 35.4 Å². The van der Waals surface area contributed by atoms with Crippen molar-refractivity contribution in [2.45, 2.75) is 64.2 Å². The van der Waals surface area contributed by atoms with Gasteiger partial charge in [-0.05, 0) is 55.2 Å². The Morgan fingerprint density at radius 1 is 1.11 bits per heavy atom. The maximum absolute atomic E-state index is 5.69. The molecule has 1 aliphatic carbocycles. The molecule has 1 aromatic carbocycles. The number of ether oxygens (including phenoxy) is 1. The average molecular weight is 372 g/mol. The number of likely N-dealkylation sites (tertiary alicyclic amines) is 1. The highest BCUT2D eigenvalue weighted by molar-refractivity contribution is 5.22. The zero-order chi connectivity index (χ0) is 18.5. The number of rotatable bonds is 6. The second kappa shape index (κ2) is 9.51. The molecule has 27 heavy (non-hydrogen) atoms. The zero-order valence-corrected chi connectivity index (χ0v) is 17.0. The largest absolute Gasteiger partial charge is 0.379 e. The molecular formula is C23H37N3O. The second-order valence-corrected chi connectivity index (χ2v) is 9.02. The van der Waals surface area contributed by atoms with Crippen molar-refractivity contribution in [1.82, 2.24) is 15.5 Å². The van der Waals surface area contributed by atoms with Gasteiger partial charge in [-0.1, -0.05) is 37.6 Å². The number of nitrogens with one attached hydrogen (secondary N) is 2. The van der Waals surface area contributed by atoms with Crippen LogP contribution in [0.15, 0.2) is 24.3 Å². The fraction of sp³-hybridized carbons (Fsp3) is 0.739. The molecule has 0 spiro atoms. The minimum atomic E-state index is 0.535. The Bertz CT molecular complexity index is 569. The average Bonchev–Trinajstić information content (AvgIpc) is 3.17.